The van der Waals surface area contributed by atoms with Gasteiger partial charge in [-0.2, -0.15) is 0 Å². The molecule has 3 nitrogen and oxygen atoms in total. The van der Waals surface area contributed by atoms with E-state index in [0.29, 0.717) is 9.93 Å². The third-order valence-electron chi connectivity index (χ3n) is 3.52. The Bertz CT molecular complexity index is 492. The molecule has 0 N–H and O–H groups in total. The maximum Gasteiger partial charge on any atom is 0.224 e. The van der Waals surface area contributed by atoms with E-state index in [0.717, 1.165) is 37.4 Å². The van der Waals surface area contributed by atoms with Crippen molar-refractivity contribution in [3.63, 3.8) is 0 Å². The van der Waals surface area contributed by atoms with Crippen LogP contribution in [-0.4, -0.2) is 26.7 Å². The molecule has 0 amide bonds. The van der Waals surface area contributed by atoms with Crippen molar-refractivity contribution in [3.05, 3.63) is 14.7 Å². The standard InChI is InChI=1S/C15H26N2OS.2C2H6/c1-7-17(8-2)11-12(14(19)13(11)18)16(6)10-9-15(3,4)5;2*1-2/h7-10H2,1-6H3;2*1-2H3. The Hall–Kier alpha value is -0.900. The lowest BCUT2D eigenvalue weighted by atomic mass is 9.92. The molecule has 0 aromatic heterocycles. The van der Waals surface area contributed by atoms with Gasteiger partial charge in [-0.3, -0.25) is 4.79 Å². The molecule has 0 spiro atoms. The lowest BCUT2D eigenvalue weighted by Gasteiger charge is -2.32. The van der Waals surface area contributed by atoms with Crippen LogP contribution < -0.4 is 15.2 Å². The van der Waals surface area contributed by atoms with Crippen molar-refractivity contribution in [2.45, 2.75) is 68.7 Å². The van der Waals surface area contributed by atoms with Gasteiger partial charge in [-0.15, -0.1) is 0 Å². The molecule has 0 aliphatic carbocycles. The van der Waals surface area contributed by atoms with E-state index in [1.165, 1.54) is 0 Å². The lowest BCUT2D eigenvalue weighted by molar-refractivity contribution is 0.381. The lowest BCUT2D eigenvalue weighted by Crippen LogP contribution is -2.36. The minimum absolute atomic E-state index is 0.0382. The topological polar surface area (TPSA) is 23.6 Å². The SMILES string of the molecule is CC.CC.CCN(CC)c1c(N(C)CCC(C)(C)C)c(=S)c1=O. The first kappa shape index (κ1) is 24.4. The summed E-state index contributed by atoms with van der Waals surface area (Å²) in [6.45, 7) is 21.4. The van der Waals surface area contributed by atoms with E-state index in [-0.39, 0.29) is 5.43 Å². The summed E-state index contributed by atoms with van der Waals surface area (Å²) in [6, 6.07) is 0. The molecule has 23 heavy (non-hydrogen) atoms. The number of hydrogen-bond acceptors (Lipinski definition) is 4. The molecule has 4 heteroatoms. The van der Waals surface area contributed by atoms with E-state index in [1.54, 1.807) is 0 Å². The monoisotopic (exact) mass is 342 g/mol. The molecule has 136 valence electrons. The quantitative estimate of drug-likeness (QED) is 0.644. The molecular formula is C19H38N2OS. The Labute approximate surface area is 149 Å². The van der Waals surface area contributed by atoms with Crippen LogP contribution in [0.3, 0.4) is 0 Å². The second-order valence-electron chi connectivity index (χ2n) is 6.26. The van der Waals surface area contributed by atoms with Crippen LogP contribution in [-0.2, 0) is 0 Å². The molecule has 0 fully saturated rings. The highest BCUT2D eigenvalue weighted by molar-refractivity contribution is 7.71. The first-order valence-corrected chi connectivity index (χ1v) is 9.43. The van der Waals surface area contributed by atoms with Gasteiger partial charge in [0.25, 0.3) is 0 Å². The molecule has 0 saturated carbocycles. The fourth-order valence-corrected chi connectivity index (χ4v) is 2.52. The van der Waals surface area contributed by atoms with E-state index >= 15 is 0 Å². The van der Waals surface area contributed by atoms with E-state index in [2.05, 4.69) is 44.4 Å². The van der Waals surface area contributed by atoms with Crippen LogP contribution in [0.5, 0.6) is 0 Å². The van der Waals surface area contributed by atoms with Gasteiger partial charge < -0.3 is 9.80 Å². The minimum atomic E-state index is 0.0382. The summed E-state index contributed by atoms with van der Waals surface area (Å²) >= 11 is 5.23. The maximum absolute atomic E-state index is 12.0. The molecule has 0 bridgehead atoms. The largest absolute Gasteiger partial charge is 0.371 e. The molecule has 0 radical (unpaired) electrons. The zero-order chi connectivity index (χ0) is 18.8. The summed E-state index contributed by atoms with van der Waals surface area (Å²) in [5, 5.41) is 0. The maximum atomic E-state index is 12.0. The van der Waals surface area contributed by atoms with Gasteiger partial charge in [0.05, 0.1) is 5.69 Å². The predicted octanol–water partition coefficient (Wildman–Crippen LogP) is 5.42. The summed E-state index contributed by atoms with van der Waals surface area (Å²) in [7, 11) is 2.03. The molecule has 0 heterocycles. The molecule has 0 aliphatic heterocycles. The molecule has 0 unspecified atom stereocenters. The van der Waals surface area contributed by atoms with Crippen LogP contribution in [0.2, 0.25) is 0 Å². The number of rotatable bonds is 6. The zero-order valence-electron chi connectivity index (χ0n) is 17.0. The highest BCUT2D eigenvalue weighted by Crippen LogP contribution is 2.31. The molecule has 1 aromatic rings. The summed E-state index contributed by atoms with van der Waals surface area (Å²) in [5.74, 6) is 0. The van der Waals surface area contributed by atoms with Gasteiger partial charge in [0.2, 0.25) is 5.43 Å². The van der Waals surface area contributed by atoms with Gasteiger partial charge in [0.1, 0.15) is 10.2 Å². The molecule has 1 rings (SSSR count). The van der Waals surface area contributed by atoms with Crippen molar-refractivity contribution in [2.24, 2.45) is 5.41 Å². The fourth-order valence-electron chi connectivity index (χ4n) is 2.17. The Kier molecular flexibility index (Phi) is 12.3. The van der Waals surface area contributed by atoms with Gasteiger partial charge in [0.15, 0.2) is 0 Å². The molecule has 0 aliphatic rings. The Balaban J connectivity index is 0. The summed E-state index contributed by atoms with van der Waals surface area (Å²) in [4.78, 5) is 16.2. The van der Waals surface area contributed by atoms with E-state index in [4.69, 9.17) is 12.2 Å². The summed E-state index contributed by atoms with van der Waals surface area (Å²) in [5.41, 5.74) is 2.11. The van der Waals surface area contributed by atoms with Crippen LogP contribution >= 0.6 is 12.2 Å². The van der Waals surface area contributed by atoms with Crippen LogP contribution in [0.1, 0.15) is 68.7 Å². The Morgan fingerprint density at radius 1 is 0.957 bits per heavy atom. The number of anilines is 2. The van der Waals surface area contributed by atoms with Crippen molar-refractivity contribution in [2.75, 3.05) is 36.5 Å². The zero-order valence-corrected chi connectivity index (χ0v) is 17.9. The van der Waals surface area contributed by atoms with E-state index in [1.807, 2.05) is 34.7 Å². The van der Waals surface area contributed by atoms with E-state index < -0.39 is 0 Å². The van der Waals surface area contributed by atoms with Gasteiger partial charge in [-0.25, -0.2) is 0 Å². The first-order chi connectivity index (χ1) is 10.7. The molecule has 1 aromatic carbocycles. The summed E-state index contributed by atoms with van der Waals surface area (Å²) in [6.07, 6.45) is 1.08. The third-order valence-corrected chi connectivity index (χ3v) is 3.90. The fraction of sp³-hybridized carbons (Fsp3) is 0.789. The molecule has 0 atom stereocenters. The normalized spacial score (nSPS) is 10.3. The van der Waals surface area contributed by atoms with Crippen LogP contribution in [0, 0.1) is 9.93 Å². The first-order valence-electron chi connectivity index (χ1n) is 9.02. The second kappa shape index (κ2) is 11.6. The Morgan fingerprint density at radius 2 is 1.39 bits per heavy atom. The number of nitrogens with zero attached hydrogens (tertiary/aromatic N) is 2. The van der Waals surface area contributed by atoms with Crippen molar-refractivity contribution >= 4 is 23.6 Å². The molecule has 0 saturated heterocycles. The molecular weight excluding hydrogens is 304 g/mol. The minimum Gasteiger partial charge on any atom is -0.371 e. The highest BCUT2D eigenvalue weighted by Gasteiger charge is 2.25. The highest BCUT2D eigenvalue weighted by atomic mass is 32.1. The third kappa shape index (κ3) is 7.03. The second-order valence-corrected chi connectivity index (χ2v) is 6.67. The van der Waals surface area contributed by atoms with Gasteiger partial charge in [0, 0.05) is 26.7 Å². The van der Waals surface area contributed by atoms with Crippen LogP contribution in [0.4, 0.5) is 11.4 Å². The summed E-state index contributed by atoms with van der Waals surface area (Å²) < 4.78 is 0.498. The van der Waals surface area contributed by atoms with E-state index in [9.17, 15) is 4.79 Å². The average Bonchev–Trinajstić information content (AvgIpc) is 2.55. The van der Waals surface area contributed by atoms with Crippen LogP contribution in [0.15, 0.2) is 4.79 Å². The smallest absolute Gasteiger partial charge is 0.224 e. The van der Waals surface area contributed by atoms with Gasteiger partial charge in [-0.05, 0) is 25.7 Å². The van der Waals surface area contributed by atoms with Crippen LogP contribution in [0.25, 0.3) is 0 Å². The average molecular weight is 343 g/mol. The van der Waals surface area contributed by atoms with Crippen molar-refractivity contribution in [3.8, 4) is 0 Å². The van der Waals surface area contributed by atoms with Crippen molar-refractivity contribution < 1.29 is 0 Å². The predicted molar refractivity (Wildman–Crippen MR) is 110 cm³/mol. The Morgan fingerprint density at radius 3 is 1.74 bits per heavy atom. The number of hydrogen-bond donors (Lipinski definition) is 0. The van der Waals surface area contributed by atoms with Gasteiger partial charge in [-0.1, -0.05) is 60.7 Å². The van der Waals surface area contributed by atoms with Crippen molar-refractivity contribution in [1.82, 2.24) is 0 Å². The van der Waals surface area contributed by atoms with Gasteiger partial charge >= 0.3 is 0 Å². The van der Waals surface area contributed by atoms with Crippen molar-refractivity contribution in [1.29, 1.82) is 0 Å².